The van der Waals surface area contributed by atoms with Crippen molar-refractivity contribution in [1.29, 1.82) is 0 Å². The second-order valence-electron chi connectivity index (χ2n) is 3.50. The molecule has 7 heteroatoms. The van der Waals surface area contributed by atoms with Gasteiger partial charge in [-0.3, -0.25) is 5.43 Å². The maximum absolute atomic E-state index is 5.87. The predicted molar refractivity (Wildman–Crippen MR) is 63.5 cm³/mol. The first-order chi connectivity index (χ1) is 7.63. The maximum atomic E-state index is 5.87. The van der Waals surface area contributed by atoms with E-state index in [2.05, 4.69) is 20.3 Å². The topological polar surface area (TPSA) is 76.3 Å². The number of nitrogens with two attached hydrogens (primary N) is 1. The normalized spacial score (nSPS) is 10.6. The van der Waals surface area contributed by atoms with Crippen molar-refractivity contribution in [2.45, 2.75) is 6.42 Å². The van der Waals surface area contributed by atoms with Gasteiger partial charge >= 0.3 is 0 Å². The van der Waals surface area contributed by atoms with Crippen LogP contribution in [-0.4, -0.2) is 42.1 Å². The molecule has 0 unspecified atom stereocenters. The van der Waals surface area contributed by atoms with Crippen LogP contribution in [0, 0.1) is 0 Å². The van der Waals surface area contributed by atoms with E-state index in [-0.39, 0.29) is 5.95 Å². The van der Waals surface area contributed by atoms with Crippen molar-refractivity contribution in [3.63, 3.8) is 0 Å². The fraction of sp³-hybridized carbons (Fsp3) is 0.556. The highest BCUT2D eigenvalue weighted by Gasteiger charge is 2.05. The van der Waals surface area contributed by atoms with Crippen molar-refractivity contribution < 1.29 is 4.74 Å². The van der Waals surface area contributed by atoms with Crippen LogP contribution in [0.1, 0.15) is 6.42 Å². The molecule has 0 atom stereocenters. The van der Waals surface area contributed by atoms with Gasteiger partial charge in [0.2, 0.25) is 11.8 Å². The van der Waals surface area contributed by atoms with Crippen molar-refractivity contribution >= 4 is 17.5 Å². The molecule has 0 bridgehead atoms. The lowest BCUT2D eigenvalue weighted by Gasteiger charge is -2.10. The van der Waals surface area contributed by atoms with E-state index in [1.807, 2.05) is 14.1 Å². The number of nitrogen functional groups attached to an aromatic ring is 1. The minimum Gasteiger partial charge on any atom is -0.476 e. The van der Waals surface area contributed by atoms with E-state index < -0.39 is 0 Å². The number of anilines is 1. The standard InChI is InChI=1S/C9H16ClN5O/c1-15(2)4-3-5-16-8-7(10)6-12-9(13-8)14-11/h6H,3-5,11H2,1-2H3,(H,12,13,14). The third kappa shape index (κ3) is 4.18. The molecule has 3 N–H and O–H groups in total. The molecule has 6 nitrogen and oxygen atoms in total. The first-order valence-electron chi connectivity index (χ1n) is 4.90. The molecule has 0 saturated heterocycles. The lowest BCUT2D eigenvalue weighted by molar-refractivity contribution is 0.273. The Labute approximate surface area is 99.7 Å². The second kappa shape index (κ2) is 6.47. The summed E-state index contributed by atoms with van der Waals surface area (Å²) in [5, 5.41) is 0.379. The number of aromatic nitrogens is 2. The van der Waals surface area contributed by atoms with Gasteiger partial charge in [0, 0.05) is 6.54 Å². The number of nitrogens with one attached hydrogen (secondary N) is 1. The zero-order chi connectivity index (χ0) is 12.0. The summed E-state index contributed by atoms with van der Waals surface area (Å²) in [6.07, 6.45) is 2.35. The zero-order valence-corrected chi connectivity index (χ0v) is 10.2. The van der Waals surface area contributed by atoms with Crippen molar-refractivity contribution in [2.24, 2.45) is 5.84 Å². The smallest absolute Gasteiger partial charge is 0.240 e. The fourth-order valence-corrected chi connectivity index (χ4v) is 1.22. The number of nitrogens with zero attached hydrogens (tertiary/aromatic N) is 3. The number of hydrogen-bond donors (Lipinski definition) is 2. The molecule has 90 valence electrons. The first kappa shape index (κ1) is 13.0. The third-order valence-corrected chi connectivity index (χ3v) is 2.09. The highest BCUT2D eigenvalue weighted by molar-refractivity contribution is 6.31. The number of halogens is 1. The summed E-state index contributed by atoms with van der Waals surface area (Å²) in [4.78, 5) is 9.92. The van der Waals surface area contributed by atoms with Gasteiger partial charge in [0.1, 0.15) is 5.02 Å². The number of rotatable bonds is 6. The molecule has 0 spiro atoms. The van der Waals surface area contributed by atoms with Crippen LogP contribution in [0.25, 0.3) is 0 Å². The van der Waals surface area contributed by atoms with Crippen LogP contribution in [0.5, 0.6) is 5.88 Å². The van der Waals surface area contributed by atoms with E-state index in [1.165, 1.54) is 6.20 Å². The molecule has 0 amide bonds. The minimum absolute atomic E-state index is 0.284. The van der Waals surface area contributed by atoms with E-state index in [1.54, 1.807) is 0 Å². The van der Waals surface area contributed by atoms with E-state index in [9.17, 15) is 0 Å². The molecule has 0 aliphatic rings. The van der Waals surface area contributed by atoms with Gasteiger partial charge in [-0.25, -0.2) is 10.8 Å². The van der Waals surface area contributed by atoms with Gasteiger partial charge in [0.05, 0.1) is 12.8 Å². The van der Waals surface area contributed by atoms with Gasteiger partial charge in [0.25, 0.3) is 0 Å². The van der Waals surface area contributed by atoms with Crippen LogP contribution in [0.4, 0.5) is 5.95 Å². The SMILES string of the molecule is CN(C)CCCOc1nc(NN)ncc1Cl. The molecule has 0 radical (unpaired) electrons. The fourth-order valence-electron chi connectivity index (χ4n) is 1.07. The number of hydrazine groups is 1. The number of ether oxygens (including phenoxy) is 1. The van der Waals surface area contributed by atoms with Gasteiger partial charge < -0.3 is 9.64 Å². The zero-order valence-electron chi connectivity index (χ0n) is 9.40. The summed E-state index contributed by atoms with van der Waals surface area (Å²) >= 11 is 5.87. The Morgan fingerprint density at radius 3 is 2.94 bits per heavy atom. The molecular formula is C9H16ClN5O. The van der Waals surface area contributed by atoms with Crippen molar-refractivity contribution in [2.75, 3.05) is 32.7 Å². The Morgan fingerprint density at radius 1 is 1.56 bits per heavy atom. The van der Waals surface area contributed by atoms with E-state index in [0.717, 1.165) is 13.0 Å². The first-order valence-corrected chi connectivity index (χ1v) is 5.28. The molecule has 0 aliphatic carbocycles. The number of hydrogen-bond acceptors (Lipinski definition) is 6. The maximum Gasteiger partial charge on any atom is 0.240 e. The van der Waals surface area contributed by atoms with Crippen LogP contribution < -0.4 is 16.0 Å². The van der Waals surface area contributed by atoms with Crippen molar-refractivity contribution in [1.82, 2.24) is 14.9 Å². The summed E-state index contributed by atoms with van der Waals surface area (Å²) in [6, 6.07) is 0. The summed E-state index contributed by atoms with van der Waals surface area (Å²) in [5.74, 6) is 5.82. The van der Waals surface area contributed by atoms with E-state index in [4.69, 9.17) is 22.2 Å². The second-order valence-corrected chi connectivity index (χ2v) is 3.90. The van der Waals surface area contributed by atoms with Gasteiger partial charge in [-0.2, -0.15) is 4.98 Å². The molecule has 1 heterocycles. The molecule has 0 aliphatic heterocycles. The van der Waals surface area contributed by atoms with E-state index in [0.29, 0.717) is 17.5 Å². The average Bonchev–Trinajstić information content (AvgIpc) is 2.26. The van der Waals surface area contributed by atoms with E-state index >= 15 is 0 Å². The monoisotopic (exact) mass is 245 g/mol. The average molecular weight is 246 g/mol. The molecule has 0 saturated carbocycles. The largest absolute Gasteiger partial charge is 0.476 e. The lowest BCUT2D eigenvalue weighted by atomic mass is 10.4. The van der Waals surface area contributed by atoms with Gasteiger partial charge in [-0.05, 0) is 20.5 Å². The Balaban J connectivity index is 2.46. The molecule has 0 aromatic carbocycles. The molecular weight excluding hydrogens is 230 g/mol. The molecule has 0 fully saturated rings. The molecule has 16 heavy (non-hydrogen) atoms. The Hall–Kier alpha value is -1.11. The minimum atomic E-state index is 0.284. The Bertz CT molecular complexity index is 334. The Kier molecular flexibility index (Phi) is 5.24. The van der Waals surface area contributed by atoms with Gasteiger partial charge in [-0.15, -0.1) is 0 Å². The summed E-state index contributed by atoms with van der Waals surface area (Å²) in [7, 11) is 4.02. The predicted octanol–water partition coefficient (Wildman–Crippen LogP) is 0.746. The van der Waals surface area contributed by atoms with Crippen LogP contribution in [-0.2, 0) is 0 Å². The molecule has 1 aromatic heterocycles. The van der Waals surface area contributed by atoms with Crippen LogP contribution in [0.15, 0.2) is 6.20 Å². The van der Waals surface area contributed by atoms with Gasteiger partial charge in [0.15, 0.2) is 0 Å². The summed E-state index contributed by atoms with van der Waals surface area (Å²) in [6.45, 7) is 1.50. The highest BCUT2D eigenvalue weighted by atomic mass is 35.5. The molecule has 1 rings (SSSR count). The van der Waals surface area contributed by atoms with Crippen LogP contribution >= 0.6 is 11.6 Å². The summed E-state index contributed by atoms with van der Waals surface area (Å²) in [5.41, 5.74) is 2.33. The van der Waals surface area contributed by atoms with Crippen molar-refractivity contribution in [3.05, 3.63) is 11.2 Å². The van der Waals surface area contributed by atoms with Gasteiger partial charge in [-0.1, -0.05) is 11.6 Å². The quantitative estimate of drug-likeness (QED) is 0.438. The molecule has 1 aromatic rings. The highest BCUT2D eigenvalue weighted by Crippen LogP contribution is 2.21. The van der Waals surface area contributed by atoms with Crippen LogP contribution in [0.2, 0.25) is 5.02 Å². The third-order valence-electron chi connectivity index (χ3n) is 1.83. The van der Waals surface area contributed by atoms with Crippen LogP contribution in [0.3, 0.4) is 0 Å². The van der Waals surface area contributed by atoms with Crippen molar-refractivity contribution in [3.8, 4) is 5.88 Å². The Morgan fingerprint density at radius 2 is 2.31 bits per heavy atom. The summed E-state index contributed by atoms with van der Waals surface area (Å²) < 4.78 is 5.42. The lowest BCUT2D eigenvalue weighted by Crippen LogP contribution is -2.16.